The van der Waals surface area contributed by atoms with Crippen molar-refractivity contribution in [3.8, 4) is 5.75 Å². The molecule has 1 heterocycles. The molecule has 1 aromatic carbocycles. The highest BCUT2D eigenvalue weighted by molar-refractivity contribution is 9.12. The number of hydrogen-bond donors (Lipinski definition) is 1. The fourth-order valence-electron chi connectivity index (χ4n) is 1.68. The van der Waals surface area contributed by atoms with Crippen molar-refractivity contribution in [3.63, 3.8) is 0 Å². The second-order valence-corrected chi connectivity index (χ2v) is 7.51. The summed E-state index contributed by atoms with van der Waals surface area (Å²) in [6.45, 7) is 2.65. The molecule has 1 aromatic heterocycles. The fourth-order valence-corrected chi connectivity index (χ4v) is 4.61. The lowest BCUT2D eigenvalue weighted by Gasteiger charge is -2.12. The summed E-state index contributed by atoms with van der Waals surface area (Å²) in [6, 6.07) is 9.84. The number of benzene rings is 1. The topological polar surface area (TPSA) is 35.2 Å². The SMILES string of the molecule is CCOc1ccc(C(N)c2cc(Br)sc2Br)cc1. The Morgan fingerprint density at radius 3 is 2.44 bits per heavy atom. The minimum atomic E-state index is -0.127. The van der Waals surface area contributed by atoms with Crippen LogP contribution >= 0.6 is 43.2 Å². The predicted molar refractivity (Wildman–Crippen MR) is 83.4 cm³/mol. The van der Waals surface area contributed by atoms with Crippen LogP contribution in [0.15, 0.2) is 37.9 Å². The Morgan fingerprint density at radius 1 is 1.28 bits per heavy atom. The molecule has 0 spiro atoms. The van der Waals surface area contributed by atoms with Crippen LogP contribution in [0.25, 0.3) is 0 Å². The van der Waals surface area contributed by atoms with Crippen LogP contribution in [0.3, 0.4) is 0 Å². The molecule has 1 atom stereocenters. The van der Waals surface area contributed by atoms with Gasteiger partial charge >= 0.3 is 0 Å². The molecule has 0 amide bonds. The third-order valence-electron chi connectivity index (χ3n) is 2.57. The van der Waals surface area contributed by atoms with Gasteiger partial charge in [0.25, 0.3) is 0 Å². The minimum absolute atomic E-state index is 0.127. The van der Waals surface area contributed by atoms with Crippen LogP contribution in [0.1, 0.15) is 24.1 Å². The number of hydrogen-bond acceptors (Lipinski definition) is 3. The Morgan fingerprint density at radius 2 is 1.94 bits per heavy atom. The lowest BCUT2D eigenvalue weighted by molar-refractivity contribution is 0.340. The van der Waals surface area contributed by atoms with Gasteiger partial charge in [-0.05, 0) is 68.1 Å². The summed E-state index contributed by atoms with van der Waals surface area (Å²) in [5, 5.41) is 0. The van der Waals surface area contributed by atoms with E-state index in [0.717, 1.165) is 24.4 Å². The van der Waals surface area contributed by atoms with Crippen LogP contribution in [0, 0.1) is 0 Å². The van der Waals surface area contributed by atoms with Gasteiger partial charge in [0.2, 0.25) is 0 Å². The van der Waals surface area contributed by atoms with Gasteiger partial charge in [-0.2, -0.15) is 0 Å². The molecule has 2 aromatic rings. The second-order valence-electron chi connectivity index (χ2n) is 3.76. The highest BCUT2D eigenvalue weighted by Gasteiger charge is 2.15. The number of rotatable bonds is 4. The summed E-state index contributed by atoms with van der Waals surface area (Å²) in [4.78, 5) is 0. The van der Waals surface area contributed by atoms with Crippen LogP contribution in [0.2, 0.25) is 0 Å². The zero-order chi connectivity index (χ0) is 13.1. The van der Waals surface area contributed by atoms with Crippen molar-refractivity contribution in [2.24, 2.45) is 5.73 Å². The first-order chi connectivity index (χ1) is 8.61. The van der Waals surface area contributed by atoms with E-state index in [4.69, 9.17) is 10.5 Å². The van der Waals surface area contributed by atoms with Crippen LogP contribution in [0.5, 0.6) is 5.75 Å². The van der Waals surface area contributed by atoms with Crippen molar-refractivity contribution in [1.29, 1.82) is 0 Å². The van der Waals surface area contributed by atoms with Crippen molar-refractivity contribution in [2.75, 3.05) is 6.61 Å². The molecule has 96 valence electrons. The van der Waals surface area contributed by atoms with Crippen molar-refractivity contribution in [1.82, 2.24) is 0 Å². The molecule has 0 fully saturated rings. The van der Waals surface area contributed by atoms with E-state index >= 15 is 0 Å². The summed E-state index contributed by atoms with van der Waals surface area (Å²) < 4.78 is 7.56. The monoisotopic (exact) mass is 389 g/mol. The van der Waals surface area contributed by atoms with E-state index in [1.165, 1.54) is 0 Å². The van der Waals surface area contributed by atoms with Gasteiger partial charge in [0.15, 0.2) is 0 Å². The largest absolute Gasteiger partial charge is 0.494 e. The average Bonchev–Trinajstić information content (AvgIpc) is 2.69. The average molecular weight is 391 g/mol. The van der Waals surface area contributed by atoms with E-state index in [-0.39, 0.29) is 6.04 Å². The summed E-state index contributed by atoms with van der Waals surface area (Å²) in [7, 11) is 0. The molecule has 2 rings (SSSR count). The number of ether oxygens (including phenoxy) is 1. The third kappa shape index (κ3) is 3.15. The minimum Gasteiger partial charge on any atom is -0.494 e. The molecule has 0 saturated carbocycles. The molecule has 2 N–H and O–H groups in total. The molecule has 1 unspecified atom stereocenters. The van der Waals surface area contributed by atoms with Crippen LogP contribution in [0.4, 0.5) is 0 Å². The summed E-state index contributed by atoms with van der Waals surface area (Å²) in [5.74, 6) is 0.874. The van der Waals surface area contributed by atoms with Gasteiger partial charge in [0.05, 0.1) is 20.2 Å². The van der Waals surface area contributed by atoms with E-state index in [2.05, 4.69) is 37.9 Å². The smallest absolute Gasteiger partial charge is 0.119 e. The first-order valence-corrected chi connectivity index (χ1v) is 7.95. The maximum Gasteiger partial charge on any atom is 0.119 e. The zero-order valence-electron chi connectivity index (χ0n) is 9.82. The normalized spacial score (nSPS) is 12.4. The maximum atomic E-state index is 6.27. The molecule has 0 aliphatic heterocycles. The maximum absolute atomic E-state index is 6.27. The number of thiophene rings is 1. The van der Waals surface area contributed by atoms with Crippen molar-refractivity contribution in [2.45, 2.75) is 13.0 Å². The number of halogens is 2. The molecule has 0 radical (unpaired) electrons. The fraction of sp³-hybridized carbons (Fsp3) is 0.231. The van der Waals surface area contributed by atoms with E-state index in [9.17, 15) is 0 Å². The van der Waals surface area contributed by atoms with Gasteiger partial charge in [-0.15, -0.1) is 11.3 Å². The van der Waals surface area contributed by atoms with E-state index < -0.39 is 0 Å². The molecule has 0 saturated heterocycles. The van der Waals surface area contributed by atoms with E-state index in [1.807, 2.05) is 31.2 Å². The van der Waals surface area contributed by atoms with Gasteiger partial charge in [0, 0.05) is 0 Å². The molecular formula is C13H13Br2NOS. The Labute approximate surface area is 127 Å². The van der Waals surface area contributed by atoms with Crippen molar-refractivity contribution >= 4 is 43.2 Å². The molecule has 0 bridgehead atoms. The molecule has 5 heteroatoms. The third-order valence-corrected chi connectivity index (χ3v) is 4.95. The molecular weight excluding hydrogens is 378 g/mol. The lowest BCUT2D eigenvalue weighted by Crippen LogP contribution is -2.11. The van der Waals surface area contributed by atoms with Gasteiger partial charge in [0.1, 0.15) is 5.75 Å². The van der Waals surface area contributed by atoms with Gasteiger partial charge < -0.3 is 10.5 Å². The van der Waals surface area contributed by atoms with Crippen molar-refractivity contribution in [3.05, 3.63) is 49.0 Å². The summed E-state index contributed by atoms with van der Waals surface area (Å²) in [6.07, 6.45) is 0. The highest BCUT2D eigenvalue weighted by Crippen LogP contribution is 2.37. The van der Waals surface area contributed by atoms with Crippen LogP contribution in [-0.4, -0.2) is 6.61 Å². The van der Waals surface area contributed by atoms with Gasteiger partial charge in [-0.1, -0.05) is 12.1 Å². The standard InChI is InChI=1S/C13H13Br2NOS/c1-2-17-9-5-3-8(4-6-9)12(16)10-7-11(14)18-13(10)15/h3-7,12H,2,16H2,1H3. The lowest BCUT2D eigenvalue weighted by atomic mass is 10.0. The number of nitrogens with two attached hydrogens (primary N) is 1. The van der Waals surface area contributed by atoms with E-state index in [1.54, 1.807) is 11.3 Å². The Balaban J connectivity index is 2.23. The summed E-state index contributed by atoms with van der Waals surface area (Å²) in [5.41, 5.74) is 8.44. The summed E-state index contributed by atoms with van der Waals surface area (Å²) >= 11 is 8.64. The Bertz CT molecular complexity index is 524. The molecule has 2 nitrogen and oxygen atoms in total. The van der Waals surface area contributed by atoms with E-state index in [0.29, 0.717) is 6.61 Å². The van der Waals surface area contributed by atoms with Gasteiger partial charge in [-0.3, -0.25) is 0 Å². The molecule has 0 aliphatic carbocycles. The molecule has 0 aliphatic rings. The first-order valence-electron chi connectivity index (χ1n) is 5.55. The van der Waals surface area contributed by atoms with Crippen LogP contribution in [-0.2, 0) is 0 Å². The second kappa shape index (κ2) is 6.19. The first kappa shape index (κ1) is 14.1. The van der Waals surface area contributed by atoms with Crippen molar-refractivity contribution < 1.29 is 4.74 Å². The highest BCUT2D eigenvalue weighted by atomic mass is 79.9. The quantitative estimate of drug-likeness (QED) is 0.819. The Hall–Kier alpha value is -0.360. The zero-order valence-corrected chi connectivity index (χ0v) is 13.8. The Kier molecular flexibility index (Phi) is 4.84. The molecule has 18 heavy (non-hydrogen) atoms. The van der Waals surface area contributed by atoms with Crippen LogP contribution < -0.4 is 10.5 Å². The predicted octanol–water partition coefficient (Wildman–Crippen LogP) is 4.72. The van der Waals surface area contributed by atoms with Gasteiger partial charge in [-0.25, -0.2) is 0 Å².